The molecule has 1 heterocycles. The summed E-state index contributed by atoms with van der Waals surface area (Å²) in [6.07, 6.45) is 0. The average Bonchev–Trinajstić information content (AvgIpc) is 2.53. The zero-order valence-corrected chi connectivity index (χ0v) is 14.7. The molecule has 0 aliphatic rings. The second kappa shape index (κ2) is 6.51. The van der Waals surface area contributed by atoms with Gasteiger partial charge in [0.1, 0.15) is 10.0 Å². The van der Waals surface area contributed by atoms with Crippen LogP contribution in [0.1, 0.15) is 10.4 Å². The number of halogens is 2. The van der Waals surface area contributed by atoms with E-state index in [1.165, 1.54) is 24.3 Å². The quantitative estimate of drug-likeness (QED) is 0.648. The van der Waals surface area contributed by atoms with Crippen molar-refractivity contribution in [3.8, 4) is 0 Å². The molecule has 2 N–H and O–H groups in total. The maximum Gasteiger partial charge on any atom is 0.337 e. The van der Waals surface area contributed by atoms with E-state index in [1.807, 2.05) is 0 Å². The van der Waals surface area contributed by atoms with Crippen LogP contribution in [0.15, 0.2) is 53.4 Å². The number of anilines is 1. The van der Waals surface area contributed by atoms with Crippen LogP contribution in [-0.2, 0) is 10.0 Å². The molecule has 128 valence electrons. The summed E-state index contributed by atoms with van der Waals surface area (Å²) in [5, 5.41) is 10.5. The number of pyridine rings is 1. The van der Waals surface area contributed by atoms with Gasteiger partial charge in [0.05, 0.1) is 11.3 Å². The lowest BCUT2D eigenvalue weighted by Gasteiger charge is -2.12. The minimum absolute atomic E-state index is 0.0425. The van der Waals surface area contributed by atoms with Crippen molar-refractivity contribution in [3.63, 3.8) is 0 Å². The fraction of sp³-hybridized carbons (Fsp3) is 0. The van der Waals surface area contributed by atoms with Crippen LogP contribution in [0.4, 0.5) is 5.69 Å². The first-order valence-corrected chi connectivity index (χ1v) is 9.13. The summed E-state index contributed by atoms with van der Waals surface area (Å²) >= 11 is 11.5. The Hall–Kier alpha value is -2.35. The standard InChI is InChI=1S/C16H10Cl2N2O4S/c17-14-6-5-13(15(18)19-14)25(23,24)20-12-8-10-4-2-1-3-9(10)7-11(12)16(21)22/h1-8,20H,(H,21,22). The van der Waals surface area contributed by atoms with Gasteiger partial charge in [0.15, 0.2) is 5.15 Å². The Labute approximate surface area is 153 Å². The normalized spacial score (nSPS) is 11.4. The third-order valence-electron chi connectivity index (χ3n) is 3.43. The number of hydrogen-bond donors (Lipinski definition) is 2. The smallest absolute Gasteiger partial charge is 0.337 e. The second-order valence-corrected chi connectivity index (χ2v) is 7.47. The van der Waals surface area contributed by atoms with E-state index in [1.54, 1.807) is 24.3 Å². The van der Waals surface area contributed by atoms with Crippen LogP contribution in [0.25, 0.3) is 10.8 Å². The Morgan fingerprint density at radius 2 is 1.68 bits per heavy atom. The minimum Gasteiger partial charge on any atom is -0.478 e. The highest BCUT2D eigenvalue weighted by atomic mass is 35.5. The Balaban J connectivity index is 2.12. The summed E-state index contributed by atoms with van der Waals surface area (Å²) in [5.41, 5.74) is -0.252. The summed E-state index contributed by atoms with van der Waals surface area (Å²) < 4.78 is 27.4. The lowest BCUT2D eigenvalue weighted by molar-refractivity contribution is 0.0698. The van der Waals surface area contributed by atoms with Crippen LogP contribution in [0, 0.1) is 0 Å². The van der Waals surface area contributed by atoms with E-state index < -0.39 is 16.0 Å². The van der Waals surface area contributed by atoms with Gasteiger partial charge < -0.3 is 5.11 Å². The summed E-state index contributed by atoms with van der Waals surface area (Å²) in [7, 11) is -4.15. The lowest BCUT2D eigenvalue weighted by Crippen LogP contribution is -2.16. The molecule has 0 amide bonds. The van der Waals surface area contributed by atoms with Gasteiger partial charge in [0.2, 0.25) is 0 Å². The summed E-state index contributed by atoms with van der Waals surface area (Å²) in [5.74, 6) is -1.26. The first-order chi connectivity index (χ1) is 11.8. The van der Waals surface area contributed by atoms with E-state index >= 15 is 0 Å². The third kappa shape index (κ3) is 3.53. The van der Waals surface area contributed by atoms with Gasteiger partial charge in [-0.15, -0.1) is 0 Å². The molecule has 0 aliphatic carbocycles. The molecule has 9 heteroatoms. The van der Waals surface area contributed by atoms with Crippen LogP contribution in [0.3, 0.4) is 0 Å². The first kappa shape index (κ1) is 17.5. The Kier molecular flexibility index (Phi) is 4.55. The van der Waals surface area contributed by atoms with Gasteiger partial charge in [0, 0.05) is 0 Å². The fourth-order valence-electron chi connectivity index (χ4n) is 2.30. The molecule has 2 aromatic carbocycles. The molecule has 0 spiro atoms. The maximum absolute atomic E-state index is 12.6. The topological polar surface area (TPSA) is 96.4 Å². The van der Waals surface area contributed by atoms with Crippen LogP contribution in [0.2, 0.25) is 10.3 Å². The SMILES string of the molecule is O=C(O)c1cc2ccccc2cc1NS(=O)(=O)c1ccc(Cl)nc1Cl. The molecule has 0 unspecified atom stereocenters. The molecular weight excluding hydrogens is 387 g/mol. The first-order valence-electron chi connectivity index (χ1n) is 6.89. The minimum atomic E-state index is -4.15. The highest BCUT2D eigenvalue weighted by Gasteiger charge is 2.22. The summed E-state index contributed by atoms with van der Waals surface area (Å²) in [6.45, 7) is 0. The van der Waals surface area contributed by atoms with Gasteiger partial charge in [0.25, 0.3) is 10.0 Å². The molecule has 3 rings (SSSR count). The number of fused-ring (bicyclic) bond motifs is 1. The summed E-state index contributed by atoms with van der Waals surface area (Å²) in [6, 6.07) is 12.3. The van der Waals surface area contributed by atoms with Crippen molar-refractivity contribution in [1.29, 1.82) is 0 Å². The van der Waals surface area contributed by atoms with Crippen molar-refractivity contribution in [2.45, 2.75) is 4.90 Å². The van der Waals surface area contributed by atoms with E-state index in [-0.39, 0.29) is 26.5 Å². The van der Waals surface area contributed by atoms with Gasteiger partial charge in [-0.2, -0.15) is 0 Å². The second-order valence-electron chi connectivity index (χ2n) is 5.08. The largest absolute Gasteiger partial charge is 0.478 e. The number of benzene rings is 2. The highest BCUT2D eigenvalue weighted by molar-refractivity contribution is 7.92. The zero-order valence-electron chi connectivity index (χ0n) is 12.4. The van der Waals surface area contributed by atoms with Crippen LogP contribution >= 0.6 is 23.2 Å². The molecule has 0 bridgehead atoms. The van der Waals surface area contributed by atoms with Crippen molar-refractivity contribution in [2.24, 2.45) is 0 Å². The van der Waals surface area contributed by atoms with Gasteiger partial charge in [-0.05, 0) is 35.0 Å². The Morgan fingerprint density at radius 1 is 1.04 bits per heavy atom. The fourth-order valence-corrected chi connectivity index (χ4v) is 4.03. The molecule has 0 aliphatic heterocycles. The monoisotopic (exact) mass is 396 g/mol. The lowest BCUT2D eigenvalue weighted by atomic mass is 10.1. The number of carboxylic acids is 1. The Bertz CT molecular complexity index is 1100. The predicted octanol–water partition coefficient (Wildman–Crippen LogP) is 4.04. The van der Waals surface area contributed by atoms with E-state index in [4.69, 9.17) is 23.2 Å². The van der Waals surface area contributed by atoms with E-state index in [9.17, 15) is 18.3 Å². The number of nitrogens with one attached hydrogen (secondary N) is 1. The number of aromatic nitrogens is 1. The van der Waals surface area contributed by atoms with Crippen LogP contribution in [-0.4, -0.2) is 24.5 Å². The van der Waals surface area contributed by atoms with E-state index in [0.717, 1.165) is 0 Å². The molecular formula is C16H10Cl2N2O4S. The van der Waals surface area contributed by atoms with Crippen LogP contribution < -0.4 is 4.72 Å². The Morgan fingerprint density at radius 3 is 2.28 bits per heavy atom. The molecule has 1 aromatic heterocycles. The molecule has 25 heavy (non-hydrogen) atoms. The number of aromatic carboxylic acids is 1. The zero-order chi connectivity index (χ0) is 18.2. The van der Waals surface area contributed by atoms with E-state index in [2.05, 4.69) is 9.71 Å². The van der Waals surface area contributed by atoms with Crippen molar-refractivity contribution >= 4 is 55.7 Å². The van der Waals surface area contributed by atoms with Gasteiger partial charge >= 0.3 is 5.97 Å². The maximum atomic E-state index is 12.6. The highest BCUT2D eigenvalue weighted by Crippen LogP contribution is 2.28. The van der Waals surface area contributed by atoms with Gasteiger partial charge in [-0.1, -0.05) is 47.5 Å². The number of carbonyl (C=O) groups is 1. The number of nitrogens with zero attached hydrogens (tertiary/aromatic N) is 1. The van der Waals surface area contributed by atoms with Crippen LogP contribution in [0.5, 0.6) is 0 Å². The van der Waals surface area contributed by atoms with Crippen molar-refractivity contribution in [2.75, 3.05) is 4.72 Å². The molecule has 3 aromatic rings. The van der Waals surface area contributed by atoms with Crippen molar-refractivity contribution < 1.29 is 18.3 Å². The molecule has 0 fully saturated rings. The summed E-state index contributed by atoms with van der Waals surface area (Å²) in [4.78, 5) is 14.9. The third-order valence-corrected chi connectivity index (χ3v) is 5.44. The van der Waals surface area contributed by atoms with Crippen molar-refractivity contribution in [3.05, 3.63) is 64.4 Å². The molecule has 0 atom stereocenters. The molecule has 0 saturated heterocycles. The van der Waals surface area contributed by atoms with Gasteiger partial charge in [-0.3, -0.25) is 4.72 Å². The number of carboxylic acid groups (broad SMARTS) is 1. The molecule has 0 saturated carbocycles. The predicted molar refractivity (Wildman–Crippen MR) is 96.0 cm³/mol. The van der Waals surface area contributed by atoms with E-state index in [0.29, 0.717) is 10.8 Å². The number of hydrogen-bond acceptors (Lipinski definition) is 4. The number of sulfonamides is 1. The van der Waals surface area contributed by atoms with Gasteiger partial charge in [-0.25, -0.2) is 18.2 Å². The number of rotatable bonds is 4. The molecule has 6 nitrogen and oxygen atoms in total. The average molecular weight is 397 g/mol. The van der Waals surface area contributed by atoms with Crippen molar-refractivity contribution in [1.82, 2.24) is 4.98 Å². The molecule has 0 radical (unpaired) electrons.